The highest BCUT2D eigenvalue weighted by Crippen LogP contribution is 2.33. The SMILES string of the molecule is C[C@H](C(=O)Nc1ccc(OCc2ccccc2)cc1)N1CCC[C@@H]1c1cccn1C. The third-order valence-corrected chi connectivity index (χ3v) is 5.87. The average Bonchev–Trinajstić information content (AvgIpc) is 3.42. The molecule has 2 atom stereocenters. The molecule has 1 aromatic heterocycles. The molecule has 30 heavy (non-hydrogen) atoms. The number of nitrogens with zero attached hydrogens (tertiary/aromatic N) is 2. The van der Waals surface area contributed by atoms with Gasteiger partial charge in [0.05, 0.1) is 12.1 Å². The summed E-state index contributed by atoms with van der Waals surface area (Å²) in [5, 5.41) is 3.06. The van der Waals surface area contributed by atoms with E-state index in [2.05, 4.69) is 40.2 Å². The van der Waals surface area contributed by atoms with Crippen molar-refractivity contribution in [3.05, 3.63) is 84.2 Å². The molecule has 0 unspecified atom stereocenters. The Kier molecular flexibility index (Phi) is 6.19. The van der Waals surface area contributed by atoms with Gasteiger partial charge in [0.1, 0.15) is 12.4 Å². The Hall–Kier alpha value is -3.05. The fourth-order valence-electron chi connectivity index (χ4n) is 4.16. The molecule has 0 radical (unpaired) electrons. The number of likely N-dealkylation sites (tertiary alicyclic amines) is 1. The second kappa shape index (κ2) is 9.18. The number of aryl methyl sites for hydroxylation is 1. The number of ether oxygens (including phenoxy) is 1. The van der Waals surface area contributed by atoms with Crippen LogP contribution in [0.4, 0.5) is 5.69 Å². The van der Waals surface area contributed by atoms with Crippen LogP contribution in [0.1, 0.15) is 37.1 Å². The maximum Gasteiger partial charge on any atom is 0.241 e. The summed E-state index contributed by atoms with van der Waals surface area (Å²) in [6.45, 7) is 3.46. The summed E-state index contributed by atoms with van der Waals surface area (Å²) in [5.41, 5.74) is 3.18. The smallest absolute Gasteiger partial charge is 0.241 e. The number of benzene rings is 2. The molecule has 5 heteroatoms. The predicted octanol–water partition coefficient (Wildman–Crippen LogP) is 4.77. The minimum Gasteiger partial charge on any atom is -0.489 e. The summed E-state index contributed by atoms with van der Waals surface area (Å²) in [6, 6.07) is 22.0. The zero-order valence-electron chi connectivity index (χ0n) is 17.6. The van der Waals surface area contributed by atoms with Crippen LogP contribution < -0.4 is 10.1 Å². The normalized spacial score (nSPS) is 17.6. The third kappa shape index (κ3) is 4.57. The first kappa shape index (κ1) is 20.2. The Morgan fingerprint density at radius 1 is 1.10 bits per heavy atom. The molecule has 3 aromatic rings. The maximum absolute atomic E-state index is 12.9. The van der Waals surface area contributed by atoms with Crippen molar-refractivity contribution in [2.45, 2.75) is 38.5 Å². The molecule has 0 spiro atoms. The molecular formula is C25H29N3O2. The van der Waals surface area contributed by atoms with Crippen LogP contribution in [-0.2, 0) is 18.4 Å². The molecule has 1 aliphatic rings. The first-order chi connectivity index (χ1) is 14.6. The topological polar surface area (TPSA) is 46.5 Å². The van der Waals surface area contributed by atoms with Gasteiger partial charge in [-0.3, -0.25) is 9.69 Å². The van der Waals surface area contributed by atoms with Crippen LogP contribution in [0, 0.1) is 0 Å². The van der Waals surface area contributed by atoms with Crippen molar-refractivity contribution in [1.82, 2.24) is 9.47 Å². The van der Waals surface area contributed by atoms with Crippen LogP contribution in [0.3, 0.4) is 0 Å². The van der Waals surface area contributed by atoms with Crippen molar-refractivity contribution in [3.63, 3.8) is 0 Å². The van der Waals surface area contributed by atoms with E-state index >= 15 is 0 Å². The molecular weight excluding hydrogens is 374 g/mol. The van der Waals surface area contributed by atoms with Gasteiger partial charge in [-0.05, 0) is 68.3 Å². The first-order valence-electron chi connectivity index (χ1n) is 10.6. The van der Waals surface area contributed by atoms with Crippen molar-refractivity contribution >= 4 is 11.6 Å². The van der Waals surface area contributed by atoms with E-state index in [4.69, 9.17) is 4.74 Å². The standard InChI is InChI=1S/C25H29N3O2/c1-19(28-17-7-11-24(28)23-10-6-16-27(23)2)25(29)26-21-12-14-22(15-13-21)30-18-20-8-4-3-5-9-20/h3-6,8-10,12-16,19,24H,7,11,17-18H2,1-2H3,(H,26,29)/t19-,24-/m1/s1. The molecule has 1 fully saturated rings. The van der Waals surface area contributed by atoms with Crippen molar-refractivity contribution in [1.29, 1.82) is 0 Å². The number of nitrogens with one attached hydrogen (secondary N) is 1. The number of hydrogen-bond acceptors (Lipinski definition) is 3. The molecule has 5 nitrogen and oxygen atoms in total. The summed E-state index contributed by atoms with van der Waals surface area (Å²) >= 11 is 0. The average molecular weight is 404 g/mol. The molecule has 0 bridgehead atoms. The quantitative estimate of drug-likeness (QED) is 0.618. The van der Waals surface area contributed by atoms with Crippen molar-refractivity contribution in [2.75, 3.05) is 11.9 Å². The van der Waals surface area contributed by atoms with Crippen LogP contribution in [0.25, 0.3) is 0 Å². The predicted molar refractivity (Wildman–Crippen MR) is 119 cm³/mol. The van der Waals surface area contributed by atoms with E-state index in [0.717, 1.165) is 36.4 Å². The van der Waals surface area contributed by atoms with Gasteiger partial charge in [-0.15, -0.1) is 0 Å². The molecule has 1 aliphatic heterocycles. The van der Waals surface area contributed by atoms with Crippen LogP contribution in [-0.4, -0.2) is 28.0 Å². The molecule has 0 aliphatic carbocycles. The number of carbonyl (C=O) groups excluding carboxylic acids is 1. The highest BCUT2D eigenvalue weighted by molar-refractivity contribution is 5.94. The number of rotatable bonds is 7. The molecule has 156 valence electrons. The van der Waals surface area contributed by atoms with Crippen molar-refractivity contribution < 1.29 is 9.53 Å². The summed E-state index contributed by atoms with van der Waals surface area (Å²) in [7, 11) is 2.07. The second-order valence-corrected chi connectivity index (χ2v) is 7.90. The van der Waals surface area contributed by atoms with Gasteiger partial charge in [0.15, 0.2) is 0 Å². The highest BCUT2D eigenvalue weighted by atomic mass is 16.5. The van der Waals surface area contributed by atoms with Gasteiger partial charge in [-0.25, -0.2) is 0 Å². The zero-order chi connectivity index (χ0) is 20.9. The molecule has 1 saturated heterocycles. The van der Waals surface area contributed by atoms with E-state index in [9.17, 15) is 4.79 Å². The van der Waals surface area contributed by atoms with Crippen LogP contribution in [0.15, 0.2) is 72.9 Å². The Bertz CT molecular complexity index is 966. The van der Waals surface area contributed by atoms with E-state index in [-0.39, 0.29) is 11.9 Å². The maximum atomic E-state index is 12.9. The summed E-state index contributed by atoms with van der Waals surface area (Å²) in [6.07, 6.45) is 4.27. The monoisotopic (exact) mass is 403 g/mol. The molecule has 0 saturated carbocycles. The van der Waals surface area contributed by atoms with Crippen LogP contribution >= 0.6 is 0 Å². The van der Waals surface area contributed by atoms with Gasteiger partial charge in [0.25, 0.3) is 0 Å². The van der Waals surface area contributed by atoms with Gasteiger partial charge in [0.2, 0.25) is 5.91 Å². The van der Waals surface area contributed by atoms with Gasteiger partial charge in [0, 0.05) is 24.6 Å². The van der Waals surface area contributed by atoms with Gasteiger partial charge in [-0.1, -0.05) is 30.3 Å². The van der Waals surface area contributed by atoms with Crippen molar-refractivity contribution in [2.24, 2.45) is 7.05 Å². The van der Waals surface area contributed by atoms with Gasteiger partial charge >= 0.3 is 0 Å². The zero-order valence-corrected chi connectivity index (χ0v) is 17.6. The third-order valence-electron chi connectivity index (χ3n) is 5.87. The molecule has 1 amide bonds. The lowest BCUT2D eigenvalue weighted by molar-refractivity contribution is -0.121. The Balaban J connectivity index is 1.34. The lowest BCUT2D eigenvalue weighted by Crippen LogP contribution is -2.42. The first-order valence-corrected chi connectivity index (χ1v) is 10.6. The molecule has 1 N–H and O–H groups in total. The molecule has 2 aromatic carbocycles. The highest BCUT2D eigenvalue weighted by Gasteiger charge is 2.34. The number of hydrogen-bond donors (Lipinski definition) is 1. The molecule has 4 rings (SSSR count). The Morgan fingerprint density at radius 3 is 2.57 bits per heavy atom. The fraction of sp³-hybridized carbons (Fsp3) is 0.320. The molecule has 2 heterocycles. The van der Waals surface area contributed by atoms with Gasteiger partial charge in [-0.2, -0.15) is 0 Å². The fourth-order valence-corrected chi connectivity index (χ4v) is 4.16. The Labute approximate surface area is 178 Å². The summed E-state index contributed by atoms with van der Waals surface area (Å²) in [4.78, 5) is 15.2. The number of aromatic nitrogens is 1. The van der Waals surface area contributed by atoms with Crippen molar-refractivity contribution in [3.8, 4) is 5.75 Å². The van der Waals surface area contributed by atoms with Crippen LogP contribution in [0.2, 0.25) is 0 Å². The summed E-state index contributed by atoms with van der Waals surface area (Å²) in [5.74, 6) is 0.808. The number of anilines is 1. The minimum atomic E-state index is -0.193. The van der Waals surface area contributed by atoms with E-state index in [1.54, 1.807) is 0 Å². The number of carbonyl (C=O) groups is 1. The van der Waals surface area contributed by atoms with E-state index < -0.39 is 0 Å². The largest absolute Gasteiger partial charge is 0.489 e. The second-order valence-electron chi connectivity index (χ2n) is 7.90. The lowest BCUT2D eigenvalue weighted by atomic mass is 10.1. The lowest BCUT2D eigenvalue weighted by Gasteiger charge is -2.30. The van der Waals surface area contributed by atoms with Crippen LogP contribution in [0.5, 0.6) is 5.75 Å². The number of amides is 1. The van der Waals surface area contributed by atoms with E-state index in [1.165, 1.54) is 5.69 Å². The van der Waals surface area contributed by atoms with Gasteiger partial charge < -0.3 is 14.6 Å². The van der Waals surface area contributed by atoms with E-state index in [1.807, 2.05) is 61.5 Å². The summed E-state index contributed by atoms with van der Waals surface area (Å²) < 4.78 is 7.98. The van der Waals surface area contributed by atoms with E-state index in [0.29, 0.717) is 12.6 Å². The Morgan fingerprint density at radius 2 is 1.87 bits per heavy atom. The minimum absolute atomic E-state index is 0.0223.